The predicted octanol–water partition coefficient (Wildman–Crippen LogP) is 1.01. The van der Waals surface area contributed by atoms with Crippen molar-refractivity contribution < 1.29 is 23.9 Å². The molecule has 0 aromatic carbocycles. The minimum absolute atomic E-state index is 0.0446. The van der Waals surface area contributed by atoms with E-state index in [1.54, 1.807) is 6.07 Å². The summed E-state index contributed by atoms with van der Waals surface area (Å²) in [4.78, 5) is 34.5. The minimum Gasteiger partial charge on any atom is -0.481 e. The van der Waals surface area contributed by atoms with E-state index >= 15 is 0 Å². The molecule has 0 fully saturated rings. The first kappa shape index (κ1) is 16.7. The van der Waals surface area contributed by atoms with Crippen LogP contribution in [0.4, 0.5) is 0 Å². The molecule has 0 aliphatic carbocycles. The number of carboxylic acids is 1. The molecular formula is C14H20N2O5. The van der Waals surface area contributed by atoms with Crippen molar-refractivity contribution >= 4 is 17.8 Å². The van der Waals surface area contributed by atoms with Gasteiger partial charge in [-0.2, -0.15) is 0 Å². The van der Waals surface area contributed by atoms with Crippen LogP contribution in [-0.4, -0.2) is 35.5 Å². The van der Waals surface area contributed by atoms with Crippen molar-refractivity contribution in [2.75, 3.05) is 6.54 Å². The Morgan fingerprint density at radius 2 is 2.10 bits per heavy atom. The second-order valence-electron chi connectivity index (χ2n) is 4.74. The number of nitrogens with one attached hydrogen (secondary N) is 2. The molecule has 0 aliphatic rings. The van der Waals surface area contributed by atoms with E-state index in [2.05, 4.69) is 10.6 Å². The van der Waals surface area contributed by atoms with E-state index in [4.69, 9.17) is 9.52 Å². The molecule has 1 aromatic heterocycles. The summed E-state index contributed by atoms with van der Waals surface area (Å²) >= 11 is 0. The average Bonchev–Trinajstić information content (AvgIpc) is 2.96. The third-order valence-corrected chi connectivity index (χ3v) is 2.99. The van der Waals surface area contributed by atoms with Gasteiger partial charge in [0.1, 0.15) is 6.04 Å². The Morgan fingerprint density at radius 1 is 1.38 bits per heavy atom. The van der Waals surface area contributed by atoms with Crippen molar-refractivity contribution in [3.63, 3.8) is 0 Å². The molecular weight excluding hydrogens is 276 g/mol. The zero-order valence-corrected chi connectivity index (χ0v) is 12.1. The number of furan rings is 1. The Hall–Kier alpha value is -2.31. The van der Waals surface area contributed by atoms with E-state index in [0.717, 1.165) is 6.42 Å². The van der Waals surface area contributed by atoms with Crippen LogP contribution in [0.5, 0.6) is 0 Å². The minimum atomic E-state index is -0.940. The van der Waals surface area contributed by atoms with Gasteiger partial charge in [0.25, 0.3) is 5.91 Å². The van der Waals surface area contributed by atoms with Crippen molar-refractivity contribution in [1.29, 1.82) is 0 Å². The molecule has 0 saturated carbocycles. The number of hydrogen-bond donors (Lipinski definition) is 3. The van der Waals surface area contributed by atoms with Gasteiger partial charge in [0.05, 0.1) is 12.2 Å². The largest absolute Gasteiger partial charge is 0.481 e. The van der Waals surface area contributed by atoms with Crippen molar-refractivity contribution in [1.82, 2.24) is 10.6 Å². The predicted molar refractivity (Wildman–Crippen MR) is 74.7 cm³/mol. The quantitative estimate of drug-likeness (QED) is 0.663. The summed E-state index contributed by atoms with van der Waals surface area (Å²) in [5.41, 5.74) is 0. The van der Waals surface area contributed by atoms with Gasteiger partial charge in [-0.3, -0.25) is 14.4 Å². The molecule has 116 valence electrons. The molecule has 0 bridgehead atoms. The lowest BCUT2D eigenvalue weighted by Gasteiger charge is -2.16. The van der Waals surface area contributed by atoms with Crippen LogP contribution in [0.15, 0.2) is 22.8 Å². The van der Waals surface area contributed by atoms with Crippen molar-refractivity contribution in [3.8, 4) is 0 Å². The smallest absolute Gasteiger partial charge is 0.308 e. The van der Waals surface area contributed by atoms with E-state index in [1.165, 1.54) is 19.3 Å². The molecule has 1 heterocycles. The number of hydrogen-bond acceptors (Lipinski definition) is 4. The summed E-state index contributed by atoms with van der Waals surface area (Å²) in [5, 5.41) is 14.0. The van der Waals surface area contributed by atoms with Crippen molar-refractivity contribution in [2.24, 2.45) is 5.92 Å². The van der Waals surface area contributed by atoms with E-state index in [1.807, 2.05) is 6.92 Å². The molecule has 7 nitrogen and oxygen atoms in total. The van der Waals surface area contributed by atoms with Gasteiger partial charge in [0.15, 0.2) is 5.76 Å². The Bertz CT molecular complexity index is 484. The SMILES string of the molecule is CCC[C@@H](CNC(=O)[C@@H](C)NC(=O)c1ccco1)C(=O)O. The van der Waals surface area contributed by atoms with Crippen LogP contribution in [0.2, 0.25) is 0 Å². The monoisotopic (exact) mass is 296 g/mol. The molecule has 0 saturated heterocycles. The van der Waals surface area contributed by atoms with Gasteiger partial charge in [0.2, 0.25) is 5.91 Å². The van der Waals surface area contributed by atoms with Crippen molar-refractivity contribution in [2.45, 2.75) is 32.7 Å². The number of carboxylic acid groups (broad SMARTS) is 1. The van der Waals surface area contributed by atoms with Gasteiger partial charge in [0, 0.05) is 6.54 Å². The zero-order valence-electron chi connectivity index (χ0n) is 12.1. The number of rotatable bonds is 8. The summed E-state index contributed by atoms with van der Waals surface area (Å²) < 4.78 is 4.92. The normalized spacial score (nSPS) is 13.2. The molecule has 2 atom stereocenters. The van der Waals surface area contributed by atoms with Gasteiger partial charge in [-0.1, -0.05) is 13.3 Å². The van der Waals surface area contributed by atoms with Gasteiger partial charge in [-0.15, -0.1) is 0 Å². The second kappa shape index (κ2) is 8.08. The fourth-order valence-electron chi connectivity index (χ4n) is 1.78. The molecule has 0 radical (unpaired) electrons. The van der Waals surface area contributed by atoms with E-state index in [0.29, 0.717) is 6.42 Å². The summed E-state index contributed by atoms with van der Waals surface area (Å²) in [6, 6.07) is 2.28. The van der Waals surface area contributed by atoms with E-state index < -0.39 is 29.7 Å². The first-order chi connectivity index (χ1) is 9.95. The molecule has 7 heteroatoms. The van der Waals surface area contributed by atoms with Gasteiger partial charge in [-0.05, 0) is 25.5 Å². The molecule has 0 spiro atoms. The third-order valence-electron chi connectivity index (χ3n) is 2.99. The summed E-state index contributed by atoms with van der Waals surface area (Å²) in [6.45, 7) is 3.44. The first-order valence-corrected chi connectivity index (χ1v) is 6.80. The topological polar surface area (TPSA) is 109 Å². The fraction of sp³-hybridized carbons (Fsp3) is 0.500. The molecule has 0 unspecified atom stereocenters. The van der Waals surface area contributed by atoms with Crippen LogP contribution >= 0.6 is 0 Å². The first-order valence-electron chi connectivity index (χ1n) is 6.80. The van der Waals surface area contributed by atoms with Crippen LogP contribution in [-0.2, 0) is 9.59 Å². The standard InChI is InChI=1S/C14H20N2O5/c1-3-5-10(14(19)20)8-15-12(17)9(2)16-13(18)11-6-4-7-21-11/h4,6-7,9-10H,3,5,8H2,1-2H3,(H,15,17)(H,16,18)(H,19,20)/t9-,10+/m1/s1. The molecule has 21 heavy (non-hydrogen) atoms. The summed E-state index contributed by atoms with van der Waals surface area (Å²) in [6.07, 6.45) is 2.57. The average molecular weight is 296 g/mol. The number of carbonyl (C=O) groups excluding carboxylic acids is 2. The van der Waals surface area contributed by atoms with Crippen LogP contribution in [0.25, 0.3) is 0 Å². The number of carbonyl (C=O) groups is 3. The van der Waals surface area contributed by atoms with Gasteiger partial charge >= 0.3 is 5.97 Å². The summed E-state index contributed by atoms with van der Waals surface area (Å²) in [7, 11) is 0. The molecule has 0 aliphatic heterocycles. The highest BCUT2D eigenvalue weighted by Crippen LogP contribution is 2.05. The fourth-order valence-corrected chi connectivity index (χ4v) is 1.78. The van der Waals surface area contributed by atoms with Gasteiger partial charge < -0.3 is 20.2 Å². The maximum Gasteiger partial charge on any atom is 0.308 e. The molecule has 2 amide bonds. The maximum absolute atomic E-state index is 11.8. The van der Waals surface area contributed by atoms with Crippen LogP contribution < -0.4 is 10.6 Å². The second-order valence-corrected chi connectivity index (χ2v) is 4.74. The molecule has 1 aromatic rings. The summed E-state index contributed by atoms with van der Waals surface area (Å²) in [5.74, 6) is -2.37. The highest BCUT2D eigenvalue weighted by molar-refractivity contribution is 5.95. The highest BCUT2D eigenvalue weighted by atomic mass is 16.4. The van der Waals surface area contributed by atoms with Crippen LogP contribution in [0, 0.1) is 5.92 Å². The van der Waals surface area contributed by atoms with Crippen LogP contribution in [0.1, 0.15) is 37.2 Å². The Balaban J connectivity index is 2.43. The Labute approximate surface area is 122 Å². The van der Waals surface area contributed by atoms with Gasteiger partial charge in [-0.25, -0.2) is 0 Å². The number of aliphatic carboxylic acids is 1. The lowest BCUT2D eigenvalue weighted by Crippen LogP contribution is -2.46. The third kappa shape index (κ3) is 5.29. The molecule has 1 rings (SSSR count). The number of amides is 2. The zero-order chi connectivity index (χ0) is 15.8. The molecule has 3 N–H and O–H groups in total. The lowest BCUT2D eigenvalue weighted by atomic mass is 10.0. The van der Waals surface area contributed by atoms with Crippen LogP contribution in [0.3, 0.4) is 0 Å². The highest BCUT2D eigenvalue weighted by Gasteiger charge is 2.21. The Morgan fingerprint density at radius 3 is 2.62 bits per heavy atom. The van der Waals surface area contributed by atoms with E-state index in [-0.39, 0.29) is 12.3 Å². The lowest BCUT2D eigenvalue weighted by molar-refractivity contribution is -0.142. The maximum atomic E-state index is 11.8. The Kier molecular flexibility index (Phi) is 6.45. The van der Waals surface area contributed by atoms with E-state index in [9.17, 15) is 14.4 Å². The van der Waals surface area contributed by atoms with Crippen molar-refractivity contribution in [3.05, 3.63) is 24.2 Å².